The molecular formula is C22H25N3O4S. The van der Waals surface area contributed by atoms with E-state index in [-0.39, 0.29) is 11.5 Å². The molecular weight excluding hydrogens is 402 g/mol. The van der Waals surface area contributed by atoms with Gasteiger partial charge in [0.15, 0.2) is 0 Å². The van der Waals surface area contributed by atoms with Crippen LogP contribution in [0.4, 0.5) is 5.69 Å². The van der Waals surface area contributed by atoms with Gasteiger partial charge in [0.2, 0.25) is 15.8 Å². The number of anilines is 1. The second-order valence-electron chi connectivity index (χ2n) is 7.00. The first kappa shape index (κ1) is 21.6. The highest BCUT2D eigenvalue weighted by molar-refractivity contribution is 7.92. The van der Waals surface area contributed by atoms with E-state index in [0.717, 1.165) is 17.0 Å². The third kappa shape index (κ3) is 4.71. The first-order valence-electron chi connectivity index (χ1n) is 9.53. The van der Waals surface area contributed by atoms with Gasteiger partial charge in [0, 0.05) is 30.4 Å². The molecule has 3 aromatic rings. The van der Waals surface area contributed by atoms with Crippen molar-refractivity contribution >= 4 is 21.5 Å². The molecule has 0 aliphatic carbocycles. The van der Waals surface area contributed by atoms with E-state index in [1.54, 1.807) is 50.4 Å². The van der Waals surface area contributed by atoms with Crippen LogP contribution in [-0.4, -0.2) is 36.6 Å². The van der Waals surface area contributed by atoms with Crippen molar-refractivity contribution in [3.05, 3.63) is 76.9 Å². The van der Waals surface area contributed by atoms with Crippen LogP contribution in [0.1, 0.15) is 39.9 Å². The van der Waals surface area contributed by atoms with Crippen LogP contribution in [0.25, 0.3) is 0 Å². The van der Waals surface area contributed by atoms with Gasteiger partial charge in [0.05, 0.1) is 30.4 Å². The average molecular weight is 428 g/mol. The lowest BCUT2D eigenvalue weighted by Gasteiger charge is -2.09. The SMILES string of the molecule is CCS(=O)(=O)Nc1ccc(Cc2cc(C)c(C(=O)c3ccc(OC)cc3)n2C)nc1. The van der Waals surface area contributed by atoms with Gasteiger partial charge in [-0.2, -0.15) is 0 Å². The van der Waals surface area contributed by atoms with Crippen LogP contribution < -0.4 is 9.46 Å². The lowest BCUT2D eigenvalue weighted by atomic mass is 10.1. The van der Waals surface area contributed by atoms with Crippen LogP contribution in [0.5, 0.6) is 5.75 Å². The van der Waals surface area contributed by atoms with E-state index in [2.05, 4.69) is 9.71 Å². The maximum atomic E-state index is 13.0. The third-order valence-corrected chi connectivity index (χ3v) is 6.24. The molecule has 2 heterocycles. The molecule has 3 rings (SSSR count). The number of carbonyl (C=O) groups excluding carboxylic acids is 1. The first-order chi connectivity index (χ1) is 14.2. The number of ketones is 1. The zero-order valence-corrected chi connectivity index (χ0v) is 18.3. The fourth-order valence-electron chi connectivity index (χ4n) is 3.23. The number of sulfonamides is 1. The monoisotopic (exact) mass is 427 g/mol. The quantitative estimate of drug-likeness (QED) is 0.557. The zero-order valence-electron chi connectivity index (χ0n) is 17.5. The summed E-state index contributed by atoms with van der Waals surface area (Å²) in [5.74, 6) is 0.648. The minimum Gasteiger partial charge on any atom is -0.497 e. The molecule has 8 heteroatoms. The summed E-state index contributed by atoms with van der Waals surface area (Å²) in [4.78, 5) is 17.4. The van der Waals surface area contributed by atoms with E-state index < -0.39 is 10.0 Å². The molecule has 0 saturated carbocycles. The summed E-state index contributed by atoms with van der Waals surface area (Å²) in [6.45, 7) is 3.49. The van der Waals surface area contributed by atoms with Crippen molar-refractivity contribution in [1.82, 2.24) is 9.55 Å². The van der Waals surface area contributed by atoms with E-state index in [1.165, 1.54) is 6.20 Å². The van der Waals surface area contributed by atoms with E-state index in [0.29, 0.717) is 29.1 Å². The molecule has 0 aliphatic heterocycles. The summed E-state index contributed by atoms with van der Waals surface area (Å²) in [5.41, 5.74) is 4.26. The maximum Gasteiger partial charge on any atom is 0.232 e. The predicted octanol–water partition coefficient (Wildman–Crippen LogP) is 3.32. The number of methoxy groups -OCH3 is 1. The number of aromatic nitrogens is 2. The van der Waals surface area contributed by atoms with Crippen LogP contribution in [0.3, 0.4) is 0 Å². The number of rotatable bonds is 8. The number of aryl methyl sites for hydroxylation is 1. The van der Waals surface area contributed by atoms with Crippen molar-refractivity contribution in [2.75, 3.05) is 17.6 Å². The summed E-state index contributed by atoms with van der Waals surface area (Å²) in [5, 5.41) is 0. The smallest absolute Gasteiger partial charge is 0.232 e. The number of hydrogen-bond acceptors (Lipinski definition) is 5. The van der Waals surface area contributed by atoms with E-state index in [9.17, 15) is 13.2 Å². The van der Waals surface area contributed by atoms with Crippen LogP contribution in [0.2, 0.25) is 0 Å². The Morgan fingerprint density at radius 3 is 2.43 bits per heavy atom. The van der Waals surface area contributed by atoms with Gasteiger partial charge < -0.3 is 9.30 Å². The molecule has 30 heavy (non-hydrogen) atoms. The standard InChI is InChI=1S/C22H25N3O4S/c1-5-30(27,28)24-18-9-8-17(23-14-18)13-19-12-15(2)21(25(19)3)22(26)16-6-10-20(29-4)11-7-16/h6-12,14,24H,5,13H2,1-4H3. The Morgan fingerprint density at radius 2 is 1.87 bits per heavy atom. The highest BCUT2D eigenvalue weighted by Gasteiger charge is 2.19. The lowest BCUT2D eigenvalue weighted by molar-refractivity contribution is 0.103. The molecule has 0 atom stereocenters. The average Bonchev–Trinajstić information content (AvgIpc) is 3.01. The summed E-state index contributed by atoms with van der Waals surface area (Å²) >= 11 is 0. The van der Waals surface area contributed by atoms with E-state index >= 15 is 0 Å². The largest absolute Gasteiger partial charge is 0.497 e. The van der Waals surface area contributed by atoms with Crippen molar-refractivity contribution in [3.8, 4) is 5.75 Å². The summed E-state index contributed by atoms with van der Waals surface area (Å²) < 4.78 is 32.8. The van der Waals surface area contributed by atoms with Crippen LogP contribution in [-0.2, 0) is 23.5 Å². The Bertz CT molecular complexity index is 1150. The molecule has 0 bridgehead atoms. The highest BCUT2D eigenvalue weighted by Crippen LogP contribution is 2.22. The van der Waals surface area contributed by atoms with Crippen molar-refractivity contribution in [1.29, 1.82) is 0 Å². The number of carbonyl (C=O) groups is 1. The summed E-state index contributed by atoms with van der Waals surface area (Å²) in [6.07, 6.45) is 2.02. The number of nitrogens with one attached hydrogen (secondary N) is 1. The van der Waals surface area contributed by atoms with Gasteiger partial charge in [-0.15, -0.1) is 0 Å². The van der Waals surface area contributed by atoms with E-state index in [4.69, 9.17) is 4.74 Å². The first-order valence-corrected chi connectivity index (χ1v) is 11.2. The summed E-state index contributed by atoms with van der Waals surface area (Å²) in [6, 6.07) is 12.5. The molecule has 0 fully saturated rings. The van der Waals surface area contributed by atoms with Gasteiger partial charge in [-0.25, -0.2) is 8.42 Å². The molecule has 1 N–H and O–H groups in total. The van der Waals surface area contributed by atoms with Gasteiger partial charge >= 0.3 is 0 Å². The number of ether oxygens (including phenoxy) is 1. The topological polar surface area (TPSA) is 90.3 Å². The van der Waals surface area contributed by atoms with Gasteiger partial charge in [-0.1, -0.05) is 0 Å². The molecule has 0 spiro atoms. The Labute approximate surface area is 176 Å². The predicted molar refractivity (Wildman–Crippen MR) is 117 cm³/mol. The highest BCUT2D eigenvalue weighted by atomic mass is 32.2. The van der Waals surface area contributed by atoms with Crippen LogP contribution in [0, 0.1) is 6.92 Å². The Kier molecular flexibility index (Phi) is 6.26. The van der Waals surface area contributed by atoms with E-state index in [1.807, 2.05) is 24.6 Å². The minimum atomic E-state index is -3.33. The Morgan fingerprint density at radius 1 is 1.17 bits per heavy atom. The third-order valence-electron chi connectivity index (χ3n) is 4.93. The second-order valence-corrected chi connectivity index (χ2v) is 9.02. The number of hydrogen-bond donors (Lipinski definition) is 1. The normalized spacial score (nSPS) is 11.3. The Hall–Kier alpha value is -3.13. The fourth-order valence-corrected chi connectivity index (χ4v) is 3.85. The molecule has 1 aromatic carbocycles. The van der Waals surface area contributed by atoms with Gasteiger partial charge in [0.1, 0.15) is 5.75 Å². The minimum absolute atomic E-state index is 0.00236. The number of pyridine rings is 1. The molecule has 158 valence electrons. The lowest BCUT2D eigenvalue weighted by Crippen LogP contribution is -2.14. The van der Waals surface area contributed by atoms with Crippen LogP contribution in [0.15, 0.2) is 48.7 Å². The van der Waals surface area contributed by atoms with Gasteiger partial charge in [0.25, 0.3) is 0 Å². The van der Waals surface area contributed by atoms with Crippen molar-refractivity contribution in [2.45, 2.75) is 20.3 Å². The van der Waals surface area contributed by atoms with Crippen molar-refractivity contribution in [3.63, 3.8) is 0 Å². The molecule has 0 saturated heterocycles. The fraction of sp³-hybridized carbons (Fsp3) is 0.273. The molecule has 0 radical (unpaired) electrons. The molecule has 0 aliphatic rings. The summed E-state index contributed by atoms with van der Waals surface area (Å²) in [7, 11) is 0.118. The van der Waals surface area contributed by atoms with Crippen LogP contribution >= 0.6 is 0 Å². The maximum absolute atomic E-state index is 13.0. The van der Waals surface area contributed by atoms with Gasteiger partial charge in [-0.05, 0) is 61.9 Å². The second kappa shape index (κ2) is 8.71. The van der Waals surface area contributed by atoms with Crippen molar-refractivity contribution < 1.29 is 17.9 Å². The van der Waals surface area contributed by atoms with Gasteiger partial charge in [-0.3, -0.25) is 14.5 Å². The Balaban J connectivity index is 1.80. The molecule has 0 amide bonds. The zero-order chi connectivity index (χ0) is 21.9. The van der Waals surface area contributed by atoms with Crippen molar-refractivity contribution in [2.24, 2.45) is 7.05 Å². The number of nitrogens with zero attached hydrogens (tertiary/aromatic N) is 2. The molecule has 2 aromatic heterocycles. The number of benzene rings is 1. The molecule has 0 unspecified atom stereocenters. The molecule has 7 nitrogen and oxygen atoms in total.